The van der Waals surface area contributed by atoms with Gasteiger partial charge in [-0.1, -0.05) is 38.1 Å². The summed E-state index contributed by atoms with van der Waals surface area (Å²) in [5.41, 5.74) is 9.02. The molecule has 0 bridgehead atoms. The van der Waals surface area contributed by atoms with Gasteiger partial charge in [-0.15, -0.1) is 0 Å². The number of hydrogen-bond acceptors (Lipinski definition) is 2. The largest absolute Gasteiger partial charge is 0.328 e. The van der Waals surface area contributed by atoms with E-state index in [9.17, 15) is 0 Å². The molecule has 0 saturated heterocycles. The van der Waals surface area contributed by atoms with Gasteiger partial charge in [0.15, 0.2) is 0 Å². The lowest BCUT2D eigenvalue weighted by Gasteiger charge is -2.43. The Hall–Kier alpha value is -0.860. The van der Waals surface area contributed by atoms with Crippen LogP contribution in [0.3, 0.4) is 0 Å². The van der Waals surface area contributed by atoms with E-state index in [4.69, 9.17) is 5.73 Å². The Morgan fingerprint density at radius 2 is 2.17 bits per heavy atom. The maximum atomic E-state index is 6.14. The van der Waals surface area contributed by atoms with Crippen LogP contribution in [0.2, 0.25) is 0 Å². The lowest BCUT2D eigenvalue weighted by molar-refractivity contribution is 0.251. The lowest BCUT2D eigenvalue weighted by Crippen LogP contribution is -2.53. The van der Waals surface area contributed by atoms with Gasteiger partial charge in [0.25, 0.3) is 0 Å². The molecule has 0 aromatic heterocycles. The molecule has 2 heteroatoms. The van der Waals surface area contributed by atoms with Crippen LogP contribution in [0.25, 0.3) is 0 Å². The highest BCUT2D eigenvalue weighted by Gasteiger charge is 2.37. The van der Waals surface area contributed by atoms with Gasteiger partial charge in [-0.3, -0.25) is 0 Å². The summed E-state index contributed by atoms with van der Waals surface area (Å²) in [6.07, 6.45) is 3.50. The molecule has 18 heavy (non-hydrogen) atoms. The first-order valence-electron chi connectivity index (χ1n) is 7.20. The second-order valence-electron chi connectivity index (χ2n) is 5.77. The molecule has 100 valence electrons. The zero-order chi connectivity index (χ0) is 13.2. The number of hydrogen-bond donors (Lipinski definition) is 2. The number of rotatable bonds is 4. The SMILES string of the molecule is CCC(C)NC1(CN)CCC(C)c2ccccc21. The predicted molar refractivity (Wildman–Crippen MR) is 77.7 cm³/mol. The summed E-state index contributed by atoms with van der Waals surface area (Å²) in [7, 11) is 0. The average Bonchev–Trinajstić information content (AvgIpc) is 2.42. The third-order valence-electron chi connectivity index (χ3n) is 4.49. The van der Waals surface area contributed by atoms with Crippen molar-refractivity contribution < 1.29 is 0 Å². The highest BCUT2D eigenvalue weighted by atomic mass is 15.0. The van der Waals surface area contributed by atoms with Crippen molar-refractivity contribution in [2.75, 3.05) is 6.54 Å². The molecular formula is C16H26N2. The zero-order valence-electron chi connectivity index (χ0n) is 11.9. The van der Waals surface area contributed by atoms with Crippen LogP contribution in [0.5, 0.6) is 0 Å². The van der Waals surface area contributed by atoms with Gasteiger partial charge in [0, 0.05) is 12.6 Å². The summed E-state index contributed by atoms with van der Waals surface area (Å²) in [6.45, 7) is 7.47. The molecule has 2 nitrogen and oxygen atoms in total. The van der Waals surface area contributed by atoms with Crippen LogP contribution in [-0.2, 0) is 5.54 Å². The molecule has 1 aliphatic carbocycles. The first-order chi connectivity index (χ1) is 8.63. The van der Waals surface area contributed by atoms with Gasteiger partial charge in [0.05, 0.1) is 5.54 Å². The molecule has 3 unspecified atom stereocenters. The Balaban J connectivity index is 2.40. The van der Waals surface area contributed by atoms with Crippen molar-refractivity contribution in [3.8, 4) is 0 Å². The van der Waals surface area contributed by atoms with Crippen LogP contribution in [0, 0.1) is 0 Å². The van der Waals surface area contributed by atoms with E-state index >= 15 is 0 Å². The van der Waals surface area contributed by atoms with Gasteiger partial charge in [-0.25, -0.2) is 0 Å². The molecule has 0 aliphatic heterocycles. The highest BCUT2D eigenvalue weighted by Crippen LogP contribution is 2.40. The number of nitrogens with one attached hydrogen (secondary N) is 1. The number of fused-ring (bicyclic) bond motifs is 1. The van der Waals surface area contributed by atoms with Gasteiger partial charge >= 0.3 is 0 Å². The topological polar surface area (TPSA) is 38.0 Å². The normalized spacial score (nSPS) is 28.8. The van der Waals surface area contributed by atoms with Crippen molar-refractivity contribution in [3.05, 3.63) is 35.4 Å². The Morgan fingerprint density at radius 1 is 1.44 bits per heavy atom. The molecule has 0 heterocycles. The van der Waals surface area contributed by atoms with Gasteiger partial charge in [0.1, 0.15) is 0 Å². The molecule has 1 aromatic carbocycles. The number of nitrogens with two attached hydrogens (primary N) is 1. The zero-order valence-corrected chi connectivity index (χ0v) is 11.9. The molecule has 3 atom stereocenters. The second kappa shape index (κ2) is 5.41. The minimum atomic E-state index is -0.0153. The maximum Gasteiger partial charge on any atom is 0.0563 e. The summed E-state index contributed by atoms with van der Waals surface area (Å²) in [5.74, 6) is 0.652. The highest BCUT2D eigenvalue weighted by molar-refractivity contribution is 5.39. The summed E-state index contributed by atoms with van der Waals surface area (Å²) >= 11 is 0. The summed E-state index contributed by atoms with van der Waals surface area (Å²) in [6, 6.07) is 9.31. The quantitative estimate of drug-likeness (QED) is 0.856. The van der Waals surface area contributed by atoms with Crippen LogP contribution in [0.15, 0.2) is 24.3 Å². The molecule has 1 aromatic rings. The molecule has 0 amide bonds. The molecular weight excluding hydrogens is 220 g/mol. The maximum absolute atomic E-state index is 6.14. The number of benzene rings is 1. The van der Waals surface area contributed by atoms with E-state index in [0.717, 1.165) is 12.8 Å². The van der Waals surface area contributed by atoms with Gasteiger partial charge in [-0.2, -0.15) is 0 Å². The molecule has 3 N–H and O–H groups in total. The Bertz CT molecular complexity index is 402. The minimum Gasteiger partial charge on any atom is -0.328 e. The molecule has 2 rings (SSSR count). The van der Waals surface area contributed by atoms with Crippen molar-refractivity contribution in [2.24, 2.45) is 5.73 Å². The first-order valence-corrected chi connectivity index (χ1v) is 7.20. The Labute approximate surface area is 111 Å². The van der Waals surface area contributed by atoms with Crippen molar-refractivity contribution in [2.45, 2.75) is 57.5 Å². The second-order valence-corrected chi connectivity index (χ2v) is 5.77. The fourth-order valence-corrected chi connectivity index (χ4v) is 3.11. The third-order valence-corrected chi connectivity index (χ3v) is 4.49. The molecule has 0 saturated carbocycles. The Morgan fingerprint density at radius 3 is 2.83 bits per heavy atom. The van der Waals surface area contributed by atoms with E-state index in [1.807, 2.05) is 0 Å². The van der Waals surface area contributed by atoms with E-state index in [1.165, 1.54) is 17.5 Å². The van der Waals surface area contributed by atoms with Crippen molar-refractivity contribution >= 4 is 0 Å². The van der Waals surface area contributed by atoms with E-state index in [0.29, 0.717) is 18.5 Å². The summed E-state index contributed by atoms with van der Waals surface area (Å²) < 4.78 is 0. The van der Waals surface area contributed by atoms with Crippen LogP contribution in [0.4, 0.5) is 0 Å². The van der Waals surface area contributed by atoms with E-state index in [1.54, 1.807) is 0 Å². The van der Waals surface area contributed by atoms with Gasteiger partial charge < -0.3 is 11.1 Å². The van der Waals surface area contributed by atoms with Gasteiger partial charge in [0.2, 0.25) is 0 Å². The van der Waals surface area contributed by atoms with E-state index in [2.05, 4.69) is 50.4 Å². The van der Waals surface area contributed by atoms with Crippen LogP contribution >= 0.6 is 0 Å². The van der Waals surface area contributed by atoms with Crippen molar-refractivity contribution in [1.29, 1.82) is 0 Å². The van der Waals surface area contributed by atoms with Crippen molar-refractivity contribution in [3.63, 3.8) is 0 Å². The van der Waals surface area contributed by atoms with Crippen LogP contribution in [-0.4, -0.2) is 12.6 Å². The van der Waals surface area contributed by atoms with E-state index in [-0.39, 0.29) is 5.54 Å². The smallest absolute Gasteiger partial charge is 0.0563 e. The molecule has 1 aliphatic rings. The standard InChI is InChI=1S/C16H26N2/c1-4-13(3)18-16(11-17)10-9-12(2)14-7-5-6-8-15(14)16/h5-8,12-13,18H,4,9-11,17H2,1-3H3. The fourth-order valence-electron chi connectivity index (χ4n) is 3.11. The fraction of sp³-hybridized carbons (Fsp3) is 0.625. The van der Waals surface area contributed by atoms with Gasteiger partial charge in [-0.05, 0) is 43.2 Å². The molecule has 0 radical (unpaired) electrons. The Kier molecular flexibility index (Phi) is 4.08. The van der Waals surface area contributed by atoms with Crippen LogP contribution < -0.4 is 11.1 Å². The molecule has 0 fully saturated rings. The average molecular weight is 246 g/mol. The predicted octanol–water partition coefficient (Wildman–Crippen LogP) is 3.13. The van der Waals surface area contributed by atoms with Crippen LogP contribution in [0.1, 0.15) is 57.1 Å². The van der Waals surface area contributed by atoms with Crippen molar-refractivity contribution in [1.82, 2.24) is 5.32 Å². The summed E-state index contributed by atoms with van der Waals surface area (Å²) in [5, 5.41) is 3.78. The lowest BCUT2D eigenvalue weighted by atomic mass is 9.72. The summed E-state index contributed by atoms with van der Waals surface area (Å²) in [4.78, 5) is 0. The first kappa shape index (κ1) is 13.6. The monoisotopic (exact) mass is 246 g/mol. The van der Waals surface area contributed by atoms with E-state index < -0.39 is 0 Å². The third kappa shape index (κ3) is 2.32. The molecule has 0 spiro atoms. The minimum absolute atomic E-state index is 0.0153.